The van der Waals surface area contributed by atoms with Crippen LogP contribution in [0.2, 0.25) is 0 Å². The van der Waals surface area contributed by atoms with E-state index in [0.717, 1.165) is 23.7 Å². The van der Waals surface area contributed by atoms with Crippen LogP contribution in [0.15, 0.2) is 41.5 Å². The largest absolute Gasteiger partial charge is 0.508 e. The minimum absolute atomic E-state index is 0.190. The first-order valence-electron chi connectivity index (χ1n) is 6.41. The number of hydrogen-bond acceptors (Lipinski definition) is 2. The summed E-state index contributed by atoms with van der Waals surface area (Å²) in [5, 5.41) is 20.0. The summed E-state index contributed by atoms with van der Waals surface area (Å²) in [6, 6.07) is 4.62. The number of alkyl halides is 1. The number of rotatable bonds is 6. The van der Waals surface area contributed by atoms with Gasteiger partial charge in [0, 0.05) is 10.9 Å². The Morgan fingerprint density at radius 1 is 1.16 bits per heavy atom. The minimum atomic E-state index is 0.190. The topological polar surface area (TPSA) is 40.5 Å². The van der Waals surface area contributed by atoms with E-state index < -0.39 is 0 Å². The molecule has 0 aliphatic carbocycles. The molecule has 104 valence electrons. The van der Waals surface area contributed by atoms with Crippen molar-refractivity contribution >= 4 is 15.9 Å². The molecule has 19 heavy (non-hydrogen) atoms. The van der Waals surface area contributed by atoms with Crippen molar-refractivity contribution in [3.63, 3.8) is 0 Å². The maximum Gasteiger partial charge on any atom is 0.119 e. The zero-order chi connectivity index (χ0) is 14.3. The predicted octanol–water partition coefficient (Wildman–Crippen LogP) is 4.71. The summed E-state index contributed by atoms with van der Waals surface area (Å²) >= 11 is 3.42. The number of benzene rings is 1. The summed E-state index contributed by atoms with van der Waals surface area (Å²) in [6.45, 7) is 4.20. The molecule has 0 saturated heterocycles. The molecule has 0 radical (unpaired) electrons. The zero-order valence-corrected chi connectivity index (χ0v) is 13.1. The van der Waals surface area contributed by atoms with Gasteiger partial charge in [0.15, 0.2) is 0 Å². The fourth-order valence-corrected chi connectivity index (χ4v) is 1.95. The lowest BCUT2D eigenvalue weighted by atomic mass is 10.1. The highest BCUT2D eigenvalue weighted by Crippen LogP contribution is 2.23. The van der Waals surface area contributed by atoms with E-state index >= 15 is 0 Å². The lowest BCUT2D eigenvalue weighted by Crippen LogP contribution is -1.85. The molecule has 0 fully saturated rings. The smallest absolute Gasteiger partial charge is 0.119 e. The Kier molecular flexibility index (Phi) is 6.71. The molecule has 0 spiro atoms. The van der Waals surface area contributed by atoms with E-state index in [9.17, 15) is 10.2 Å². The first-order valence-corrected chi connectivity index (χ1v) is 7.53. The number of allylic oxidation sites excluding steroid dienone is 4. The summed E-state index contributed by atoms with van der Waals surface area (Å²) in [7, 11) is 0. The molecule has 0 saturated carbocycles. The van der Waals surface area contributed by atoms with Crippen molar-refractivity contribution in [2.75, 3.05) is 5.33 Å². The van der Waals surface area contributed by atoms with Gasteiger partial charge in [-0.15, -0.1) is 0 Å². The van der Waals surface area contributed by atoms with E-state index in [1.165, 1.54) is 23.3 Å². The third-order valence-corrected chi connectivity index (χ3v) is 3.86. The Labute approximate surface area is 123 Å². The molecule has 3 heteroatoms. The standard InChI is InChI=1S/C16H21BrO2/c1-12(4-3-5-13(2)11-17)6-7-14-10-15(18)8-9-16(14)19/h5-6,8-10,18-19H,3-4,7,11H2,1-2H3/b12-6+,13-5?. The summed E-state index contributed by atoms with van der Waals surface area (Å²) < 4.78 is 0. The first kappa shape index (κ1) is 15.8. The normalized spacial score (nSPS) is 12.8. The van der Waals surface area contributed by atoms with Gasteiger partial charge in [-0.25, -0.2) is 0 Å². The zero-order valence-electron chi connectivity index (χ0n) is 11.5. The van der Waals surface area contributed by atoms with Crippen LogP contribution in [0.5, 0.6) is 11.5 Å². The third-order valence-electron chi connectivity index (χ3n) is 2.98. The van der Waals surface area contributed by atoms with Gasteiger partial charge in [-0.05, 0) is 51.3 Å². The van der Waals surface area contributed by atoms with Crippen LogP contribution in [0, 0.1) is 0 Å². The van der Waals surface area contributed by atoms with Crippen molar-refractivity contribution in [3.8, 4) is 11.5 Å². The summed E-state index contributed by atoms with van der Waals surface area (Å²) in [5.41, 5.74) is 3.39. The van der Waals surface area contributed by atoms with Gasteiger partial charge in [0.2, 0.25) is 0 Å². The SMILES string of the molecule is CC(=CCC/C(C)=C/Cc1cc(O)ccc1O)CBr. The highest BCUT2D eigenvalue weighted by Gasteiger charge is 2.01. The summed E-state index contributed by atoms with van der Waals surface area (Å²) in [4.78, 5) is 0. The second-order valence-corrected chi connectivity index (χ2v) is 5.35. The Morgan fingerprint density at radius 3 is 2.58 bits per heavy atom. The van der Waals surface area contributed by atoms with Gasteiger partial charge in [0.05, 0.1) is 0 Å². The molecular weight excluding hydrogens is 304 g/mol. The fraction of sp³-hybridized carbons (Fsp3) is 0.375. The number of hydrogen-bond donors (Lipinski definition) is 2. The predicted molar refractivity (Wildman–Crippen MR) is 84.0 cm³/mol. The van der Waals surface area contributed by atoms with Crippen molar-refractivity contribution in [2.45, 2.75) is 33.1 Å². The molecule has 0 aromatic heterocycles. The molecule has 0 heterocycles. The number of halogens is 1. The number of phenolic OH excluding ortho intramolecular Hbond substituents is 2. The fourth-order valence-electron chi connectivity index (χ4n) is 1.72. The molecule has 1 aromatic rings. The van der Waals surface area contributed by atoms with E-state index in [0.29, 0.717) is 6.42 Å². The van der Waals surface area contributed by atoms with Crippen LogP contribution in [0.25, 0.3) is 0 Å². The van der Waals surface area contributed by atoms with E-state index in [1.54, 1.807) is 6.07 Å². The van der Waals surface area contributed by atoms with Gasteiger partial charge in [0.25, 0.3) is 0 Å². The van der Waals surface area contributed by atoms with Crippen molar-refractivity contribution in [1.82, 2.24) is 0 Å². The summed E-state index contributed by atoms with van der Waals surface area (Å²) in [5.74, 6) is 0.423. The second-order valence-electron chi connectivity index (χ2n) is 4.79. The van der Waals surface area contributed by atoms with Crippen LogP contribution >= 0.6 is 15.9 Å². The van der Waals surface area contributed by atoms with Crippen LogP contribution in [0.1, 0.15) is 32.3 Å². The van der Waals surface area contributed by atoms with Crippen molar-refractivity contribution in [2.24, 2.45) is 0 Å². The summed E-state index contributed by atoms with van der Waals surface area (Å²) in [6.07, 6.45) is 7.03. The van der Waals surface area contributed by atoms with Gasteiger partial charge in [-0.1, -0.05) is 39.2 Å². The Hall–Kier alpha value is -1.22. The molecule has 2 N–H and O–H groups in total. The molecule has 0 amide bonds. The molecule has 0 aliphatic rings. The number of phenols is 2. The molecule has 0 atom stereocenters. The average molecular weight is 325 g/mol. The highest BCUT2D eigenvalue weighted by molar-refractivity contribution is 9.09. The minimum Gasteiger partial charge on any atom is -0.508 e. The maximum absolute atomic E-state index is 9.67. The van der Waals surface area contributed by atoms with E-state index in [1.807, 2.05) is 0 Å². The lowest BCUT2D eigenvalue weighted by Gasteiger charge is -2.04. The molecule has 0 bridgehead atoms. The van der Waals surface area contributed by atoms with Gasteiger partial charge in [0.1, 0.15) is 11.5 Å². The first-order chi connectivity index (χ1) is 9.02. The van der Waals surface area contributed by atoms with E-state index in [-0.39, 0.29) is 11.5 Å². The average Bonchev–Trinajstić information content (AvgIpc) is 2.39. The molecule has 1 rings (SSSR count). The Balaban J connectivity index is 2.53. The Bertz CT molecular complexity index is 476. The van der Waals surface area contributed by atoms with Crippen LogP contribution in [-0.4, -0.2) is 15.5 Å². The van der Waals surface area contributed by atoms with E-state index in [4.69, 9.17) is 0 Å². The molecule has 0 aliphatic heterocycles. The molecule has 1 aromatic carbocycles. The second kappa shape index (κ2) is 8.05. The third kappa shape index (κ3) is 5.97. The lowest BCUT2D eigenvalue weighted by molar-refractivity contribution is 0.455. The van der Waals surface area contributed by atoms with Crippen molar-refractivity contribution in [1.29, 1.82) is 0 Å². The molecular formula is C16H21BrO2. The van der Waals surface area contributed by atoms with Gasteiger partial charge >= 0.3 is 0 Å². The highest BCUT2D eigenvalue weighted by atomic mass is 79.9. The van der Waals surface area contributed by atoms with Crippen LogP contribution < -0.4 is 0 Å². The van der Waals surface area contributed by atoms with Gasteiger partial charge < -0.3 is 10.2 Å². The Morgan fingerprint density at radius 2 is 1.89 bits per heavy atom. The molecule has 0 unspecified atom stereocenters. The van der Waals surface area contributed by atoms with Crippen molar-refractivity contribution < 1.29 is 10.2 Å². The van der Waals surface area contributed by atoms with Crippen LogP contribution in [-0.2, 0) is 6.42 Å². The van der Waals surface area contributed by atoms with Crippen molar-refractivity contribution in [3.05, 3.63) is 47.1 Å². The van der Waals surface area contributed by atoms with Gasteiger partial charge in [-0.3, -0.25) is 0 Å². The monoisotopic (exact) mass is 324 g/mol. The van der Waals surface area contributed by atoms with Gasteiger partial charge in [-0.2, -0.15) is 0 Å². The van der Waals surface area contributed by atoms with E-state index in [2.05, 4.69) is 41.9 Å². The van der Waals surface area contributed by atoms with Crippen LogP contribution in [0.3, 0.4) is 0 Å². The quantitative estimate of drug-likeness (QED) is 0.452. The molecule has 2 nitrogen and oxygen atoms in total. The maximum atomic E-state index is 9.67. The number of aromatic hydroxyl groups is 2. The van der Waals surface area contributed by atoms with Crippen LogP contribution in [0.4, 0.5) is 0 Å².